The molecule has 2 heteroatoms. The number of rotatable bonds is 4. The van der Waals surface area contributed by atoms with Crippen molar-refractivity contribution < 1.29 is 0 Å². The summed E-state index contributed by atoms with van der Waals surface area (Å²) in [6, 6.07) is 8.48. The first-order valence-electron chi connectivity index (χ1n) is 4.70. The van der Waals surface area contributed by atoms with Crippen LogP contribution in [0.4, 0.5) is 0 Å². The Morgan fingerprint density at radius 3 is 2.77 bits per heavy atom. The molecule has 0 amide bonds. The van der Waals surface area contributed by atoms with Gasteiger partial charge in [0.25, 0.3) is 0 Å². The molecule has 0 saturated carbocycles. The lowest BCUT2D eigenvalue weighted by Gasteiger charge is -2.15. The van der Waals surface area contributed by atoms with Crippen molar-refractivity contribution in [2.75, 3.05) is 7.05 Å². The Bertz CT molecular complexity index is 260. The normalized spacial score (nSPS) is 12.8. The number of nitrogens with one attached hydrogen (secondary N) is 1. The average Bonchev–Trinajstić information content (AvgIpc) is 2.14. The second-order valence-electron chi connectivity index (χ2n) is 3.18. The summed E-state index contributed by atoms with van der Waals surface area (Å²) < 4.78 is 0. The number of hydrogen-bond acceptors (Lipinski definition) is 1. The summed E-state index contributed by atoms with van der Waals surface area (Å²) in [5.41, 5.74) is 1.27. The molecule has 1 aromatic rings. The number of benzene rings is 1. The van der Waals surface area contributed by atoms with Gasteiger partial charge in [0.15, 0.2) is 0 Å². The maximum Gasteiger partial charge on any atom is 0.0409 e. The Labute approximate surface area is 85.1 Å². The second-order valence-corrected chi connectivity index (χ2v) is 3.62. The van der Waals surface area contributed by atoms with Gasteiger partial charge in [0.05, 0.1) is 0 Å². The van der Waals surface area contributed by atoms with E-state index in [2.05, 4.69) is 18.3 Å². The van der Waals surface area contributed by atoms with Gasteiger partial charge >= 0.3 is 0 Å². The lowest BCUT2D eigenvalue weighted by atomic mass is 10.0. The van der Waals surface area contributed by atoms with Gasteiger partial charge in [-0.1, -0.05) is 37.1 Å². The number of halogens is 1. The summed E-state index contributed by atoms with van der Waals surface area (Å²) in [7, 11) is 1.99. The highest BCUT2D eigenvalue weighted by atomic mass is 35.5. The lowest BCUT2D eigenvalue weighted by Crippen LogP contribution is -2.15. The van der Waals surface area contributed by atoms with E-state index in [4.69, 9.17) is 11.6 Å². The van der Waals surface area contributed by atoms with Crippen LogP contribution in [0.1, 0.15) is 31.4 Å². The molecule has 1 aromatic carbocycles. The van der Waals surface area contributed by atoms with Crippen LogP contribution in [0.15, 0.2) is 24.3 Å². The molecule has 0 spiro atoms. The highest BCUT2D eigenvalue weighted by molar-refractivity contribution is 6.30. The minimum atomic E-state index is 0.434. The zero-order chi connectivity index (χ0) is 9.68. The first-order chi connectivity index (χ1) is 6.27. The van der Waals surface area contributed by atoms with Crippen LogP contribution in [0.5, 0.6) is 0 Å². The Morgan fingerprint density at radius 2 is 2.23 bits per heavy atom. The van der Waals surface area contributed by atoms with E-state index in [-0.39, 0.29) is 0 Å². The maximum atomic E-state index is 5.92. The maximum absolute atomic E-state index is 5.92. The van der Waals surface area contributed by atoms with Gasteiger partial charge < -0.3 is 5.32 Å². The van der Waals surface area contributed by atoms with Crippen molar-refractivity contribution in [3.8, 4) is 0 Å². The SMILES string of the molecule is CCCC(NC)c1cccc(Cl)c1. The first-order valence-corrected chi connectivity index (χ1v) is 5.08. The van der Waals surface area contributed by atoms with E-state index in [9.17, 15) is 0 Å². The summed E-state index contributed by atoms with van der Waals surface area (Å²) >= 11 is 5.92. The van der Waals surface area contributed by atoms with E-state index in [0.29, 0.717) is 6.04 Å². The van der Waals surface area contributed by atoms with E-state index >= 15 is 0 Å². The summed E-state index contributed by atoms with van der Waals surface area (Å²) in [6.07, 6.45) is 2.33. The van der Waals surface area contributed by atoms with Crippen molar-refractivity contribution in [1.82, 2.24) is 5.32 Å². The van der Waals surface area contributed by atoms with Crippen molar-refractivity contribution in [3.63, 3.8) is 0 Å². The predicted octanol–water partition coefficient (Wildman–Crippen LogP) is 3.40. The highest BCUT2D eigenvalue weighted by Gasteiger charge is 2.07. The summed E-state index contributed by atoms with van der Waals surface area (Å²) in [5.74, 6) is 0. The lowest BCUT2D eigenvalue weighted by molar-refractivity contribution is 0.541. The van der Waals surface area contributed by atoms with Crippen molar-refractivity contribution in [3.05, 3.63) is 34.9 Å². The van der Waals surface area contributed by atoms with Gasteiger partial charge in [0, 0.05) is 11.1 Å². The minimum absolute atomic E-state index is 0.434. The Balaban J connectivity index is 2.78. The molecule has 0 fully saturated rings. The molecular formula is C11H16ClN. The summed E-state index contributed by atoms with van der Waals surface area (Å²) in [6.45, 7) is 2.19. The molecule has 1 atom stereocenters. The molecule has 0 radical (unpaired) electrons. The second kappa shape index (κ2) is 5.25. The van der Waals surface area contributed by atoms with Crippen LogP contribution < -0.4 is 5.32 Å². The smallest absolute Gasteiger partial charge is 0.0409 e. The highest BCUT2D eigenvalue weighted by Crippen LogP contribution is 2.20. The zero-order valence-electron chi connectivity index (χ0n) is 8.18. The first kappa shape index (κ1) is 10.6. The van der Waals surface area contributed by atoms with Crippen LogP contribution in [0.25, 0.3) is 0 Å². The molecule has 0 heterocycles. The van der Waals surface area contributed by atoms with E-state index < -0.39 is 0 Å². The summed E-state index contributed by atoms with van der Waals surface area (Å²) in [5, 5.41) is 4.10. The monoisotopic (exact) mass is 197 g/mol. The molecule has 1 N–H and O–H groups in total. The minimum Gasteiger partial charge on any atom is -0.313 e. The van der Waals surface area contributed by atoms with Crippen LogP contribution in [-0.2, 0) is 0 Å². The largest absolute Gasteiger partial charge is 0.313 e. The fourth-order valence-electron chi connectivity index (χ4n) is 1.49. The van der Waals surface area contributed by atoms with Gasteiger partial charge in [0.2, 0.25) is 0 Å². The topological polar surface area (TPSA) is 12.0 Å². The quantitative estimate of drug-likeness (QED) is 0.780. The van der Waals surface area contributed by atoms with Gasteiger partial charge in [0.1, 0.15) is 0 Å². The molecule has 1 nitrogen and oxygen atoms in total. The van der Waals surface area contributed by atoms with Crippen molar-refractivity contribution in [1.29, 1.82) is 0 Å². The third-order valence-corrected chi connectivity index (χ3v) is 2.41. The molecule has 0 aromatic heterocycles. The number of hydrogen-bond donors (Lipinski definition) is 1. The molecule has 0 saturated heterocycles. The van der Waals surface area contributed by atoms with E-state index in [0.717, 1.165) is 11.4 Å². The third kappa shape index (κ3) is 3.02. The van der Waals surface area contributed by atoms with E-state index in [1.54, 1.807) is 0 Å². The third-order valence-electron chi connectivity index (χ3n) is 2.18. The fraction of sp³-hybridized carbons (Fsp3) is 0.455. The van der Waals surface area contributed by atoms with Crippen molar-refractivity contribution >= 4 is 11.6 Å². The molecule has 13 heavy (non-hydrogen) atoms. The molecule has 0 aliphatic carbocycles. The van der Waals surface area contributed by atoms with Crippen LogP contribution in [-0.4, -0.2) is 7.05 Å². The standard InChI is InChI=1S/C11H16ClN/c1-3-5-11(13-2)9-6-4-7-10(12)8-9/h4,6-8,11,13H,3,5H2,1-2H3. The predicted molar refractivity (Wildman–Crippen MR) is 58.2 cm³/mol. The van der Waals surface area contributed by atoms with Crippen molar-refractivity contribution in [2.45, 2.75) is 25.8 Å². The molecular weight excluding hydrogens is 182 g/mol. The summed E-state index contributed by atoms with van der Waals surface area (Å²) in [4.78, 5) is 0. The van der Waals surface area contributed by atoms with Crippen molar-refractivity contribution in [2.24, 2.45) is 0 Å². The van der Waals surface area contributed by atoms with Gasteiger partial charge in [-0.2, -0.15) is 0 Å². The average molecular weight is 198 g/mol. The molecule has 0 aliphatic heterocycles. The van der Waals surface area contributed by atoms with Gasteiger partial charge in [-0.05, 0) is 31.2 Å². The van der Waals surface area contributed by atoms with Crippen LogP contribution in [0, 0.1) is 0 Å². The molecule has 1 unspecified atom stereocenters. The van der Waals surface area contributed by atoms with Gasteiger partial charge in [-0.3, -0.25) is 0 Å². The molecule has 1 rings (SSSR count). The Morgan fingerprint density at radius 1 is 1.46 bits per heavy atom. The van der Waals surface area contributed by atoms with Gasteiger partial charge in [-0.25, -0.2) is 0 Å². The molecule has 0 bridgehead atoms. The van der Waals surface area contributed by atoms with E-state index in [1.807, 2.05) is 25.2 Å². The van der Waals surface area contributed by atoms with Crippen LogP contribution >= 0.6 is 11.6 Å². The van der Waals surface area contributed by atoms with Crippen LogP contribution in [0.2, 0.25) is 5.02 Å². The zero-order valence-corrected chi connectivity index (χ0v) is 8.93. The van der Waals surface area contributed by atoms with E-state index in [1.165, 1.54) is 12.0 Å². The molecule has 0 aliphatic rings. The Hall–Kier alpha value is -0.530. The van der Waals surface area contributed by atoms with Crippen LogP contribution in [0.3, 0.4) is 0 Å². The Kier molecular flexibility index (Phi) is 4.26. The fourth-order valence-corrected chi connectivity index (χ4v) is 1.69. The van der Waals surface area contributed by atoms with Gasteiger partial charge in [-0.15, -0.1) is 0 Å². The molecule has 72 valence electrons.